The number of aliphatic hydroxyl groups excluding tert-OH is 1. The topological polar surface area (TPSA) is 48.9 Å². The van der Waals surface area contributed by atoms with E-state index in [2.05, 4.69) is 9.97 Å². The maximum atomic E-state index is 9.08. The molecule has 0 aliphatic rings. The second kappa shape index (κ2) is 5.21. The van der Waals surface area contributed by atoms with Crippen molar-refractivity contribution >= 4 is 23.4 Å². The second-order valence-electron chi connectivity index (χ2n) is 3.96. The molecule has 0 atom stereocenters. The van der Waals surface area contributed by atoms with Crippen LogP contribution in [-0.4, -0.2) is 15.1 Å². The van der Waals surface area contributed by atoms with Gasteiger partial charge < -0.3 is 10.1 Å². The highest BCUT2D eigenvalue weighted by atomic mass is 35.5. The van der Waals surface area contributed by atoms with E-state index >= 15 is 0 Å². The van der Waals surface area contributed by atoms with Crippen molar-refractivity contribution in [3.8, 4) is 11.4 Å². The predicted molar refractivity (Wildman–Crippen MR) is 74.7 cm³/mol. The number of aliphatic hydroxyl groups is 1. The van der Waals surface area contributed by atoms with Crippen LogP contribution >= 0.6 is 12.4 Å². The normalized spacial score (nSPS) is 10.3. The highest BCUT2D eigenvalue weighted by Gasteiger charge is 2.04. The lowest BCUT2D eigenvalue weighted by Gasteiger charge is -1.93. The number of rotatable bonds is 2. The first kappa shape index (κ1) is 12.6. The van der Waals surface area contributed by atoms with Gasteiger partial charge in [-0.25, -0.2) is 4.98 Å². The molecule has 1 heterocycles. The third-order valence-corrected chi connectivity index (χ3v) is 2.78. The Morgan fingerprint density at radius 3 is 2.56 bits per heavy atom. The van der Waals surface area contributed by atoms with E-state index in [4.69, 9.17) is 5.11 Å². The molecule has 2 N–H and O–H groups in total. The summed E-state index contributed by atoms with van der Waals surface area (Å²) in [4.78, 5) is 7.80. The number of nitrogens with zero attached hydrogens (tertiary/aromatic N) is 1. The number of fused-ring (bicyclic) bond motifs is 1. The molecule has 0 aliphatic carbocycles. The molecule has 3 rings (SSSR count). The van der Waals surface area contributed by atoms with E-state index in [-0.39, 0.29) is 19.0 Å². The third kappa shape index (κ3) is 2.23. The van der Waals surface area contributed by atoms with Gasteiger partial charge in [-0.3, -0.25) is 0 Å². The molecule has 4 heteroatoms. The molecular formula is C14H13ClN2O. The summed E-state index contributed by atoms with van der Waals surface area (Å²) in [6.07, 6.45) is 0. The average molecular weight is 261 g/mol. The van der Waals surface area contributed by atoms with Gasteiger partial charge in [-0.05, 0) is 17.7 Å². The SMILES string of the molecule is Cl.OCc1ccc2[nH]c(-c3ccccc3)nc2c1. The molecule has 0 saturated heterocycles. The van der Waals surface area contributed by atoms with Gasteiger partial charge in [0.05, 0.1) is 17.6 Å². The van der Waals surface area contributed by atoms with Gasteiger partial charge in [0.15, 0.2) is 0 Å². The molecule has 3 aromatic rings. The Balaban J connectivity index is 0.00000120. The first-order valence-corrected chi connectivity index (χ1v) is 5.52. The molecule has 0 amide bonds. The molecule has 1 aromatic heterocycles. The molecular weight excluding hydrogens is 248 g/mol. The summed E-state index contributed by atoms with van der Waals surface area (Å²) in [6, 6.07) is 15.7. The lowest BCUT2D eigenvalue weighted by molar-refractivity contribution is 0.282. The van der Waals surface area contributed by atoms with Gasteiger partial charge in [0.25, 0.3) is 0 Å². The maximum Gasteiger partial charge on any atom is 0.138 e. The van der Waals surface area contributed by atoms with Gasteiger partial charge in [0.2, 0.25) is 0 Å². The van der Waals surface area contributed by atoms with Gasteiger partial charge in [-0.1, -0.05) is 36.4 Å². The monoisotopic (exact) mass is 260 g/mol. The minimum absolute atomic E-state index is 0. The van der Waals surface area contributed by atoms with Crippen LogP contribution in [-0.2, 0) is 6.61 Å². The molecule has 0 aliphatic heterocycles. The zero-order valence-corrected chi connectivity index (χ0v) is 10.4. The van der Waals surface area contributed by atoms with Gasteiger partial charge >= 0.3 is 0 Å². The number of hydrogen-bond acceptors (Lipinski definition) is 2. The average Bonchev–Trinajstić information content (AvgIpc) is 2.82. The Bertz CT molecular complexity index is 649. The lowest BCUT2D eigenvalue weighted by atomic mass is 10.2. The van der Waals surface area contributed by atoms with Gasteiger partial charge in [0, 0.05) is 5.56 Å². The van der Waals surface area contributed by atoms with Crippen LogP contribution in [0.4, 0.5) is 0 Å². The number of halogens is 1. The van der Waals surface area contributed by atoms with E-state index in [0.717, 1.165) is 28.0 Å². The van der Waals surface area contributed by atoms with E-state index in [1.54, 1.807) is 0 Å². The number of aromatic nitrogens is 2. The number of aromatic amines is 1. The van der Waals surface area contributed by atoms with Crippen LogP contribution in [0.3, 0.4) is 0 Å². The zero-order valence-electron chi connectivity index (χ0n) is 9.63. The van der Waals surface area contributed by atoms with Crippen molar-refractivity contribution in [2.75, 3.05) is 0 Å². The van der Waals surface area contributed by atoms with Crippen molar-refractivity contribution in [3.63, 3.8) is 0 Å². The second-order valence-corrected chi connectivity index (χ2v) is 3.96. The zero-order chi connectivity index (χ0) is 11.7. The van der Waals surface area contributed by atoms with E-state index in [1.165, 1.54) is 0 Å². The smallest absolute Gasteiger partial charge is 0.138 e. The van der Waals surface area contributed by atoms with Crippen molar-refractivity contribution < 1.29 is 5.11 Å². The summed E-state index contributed by atoms with van der Waals surface area (Å²) in [5.74, 6) is 0.857. The largest absolute Gasteiger partial charge is 0.392 e. The molecule has 0 unspecified atom stereocenters. The number of benzene rings is 2. The molecule has 18 heavy (non-hydrogen) atoms. The number of hydrogen-bond donors (Lipinski definition) is 2. The summed E-state index contributed by atoms with van der Waals surface area (Å²) in [5.41, 5.74) is 3.81. The number of H-pyrrole nitrogens is 1. The number of nitrogens with one attached hydrogen (secondary N) is 1. The molecule has 0 saturated carbocycles. The molecule has 0 bridgehead atoms. The first-order chi connectivity index (χ1) is 8.36. The van der Waals surface area contributed by atoms with Crippen LogP contribution in [0.1, 0.15) is 5.56 Å². The fourth-order valence-corrected chi connectivity index (χ4v) is 1.88. The van der Waals surface area contributed by atoms with Crippen molar-refractivity contribution in [1.82, 2.24) is 9.97 Å². The quantitative estimate of drug-likeness (QED) is 0.744. The van der Waals surface area contributed by atoms with Crippen LogP contribution in [0.15, 0.2) is 48.5 Å². The van der Waals surface area contributed by atoms with Crippen molar-refractivity contribution in [2.24, 2.45) is 0 Å². The molecule has 92 valence electrons. The Labute approximate surface area is 111 Å². The highest BCUT2D eigenvalue weighted by molar-refractivity contribution is 5.85. The third-order valence-electron chi connectivity index (χ3n) is 2.78. The summed E-state index contributed by atoms with van der Waals surface area (Å²) in [7, 11) is 0. The fraction of sp³-hybridized carbons (Fsp3) is 0.0714. The van der Waals surface area contributed by atoms with E-state index in [0.29, 0.717) is 0 Å². The predicted octanol–water partition coefficient (Wildman–Crippen LogP) is 3.14. The maximum absolute atomic E-state index is 9.08. The Kier molecular flexibility index (Phi) is 3.65. The molecule has 0 fully saturated rings. The minimum Gasteiger partial charge on any atom is -0.392 e. The van der Waals surface area contributed by atoms with Crippen LogP contribution in [0.2, 0.25) is 0 Å². The first-order valence-electron chi connectivity index (χ1n) is 5.52. The number of imidazole rings is 1. The van der Waals surface area contributed by atoms with Crippen LogP contribution in [0, 0.1) is 0 Å². The standard InChI is InChI=1S/C14H12N2O.ClH/c17-9-10-6-7-12-13(8-10)16-14(15-12)11-4-2-1-3-5-11;/h1-8,17H,9H2,(H,15,16);1H. The van der Waals surface area contributed by atoms with Gasteiger partial charge in [-0.2, -0.15) is 0 Å². The Hall–Kier alpha value is -1.84. The summed E-state index contributed by atoms with van der Waals surface area (Å²) >= 11 is 0. The van der Waals surface area contributed by atoms with E-state index < -0.39 is 0 Å². The molecule has 2 aromatic carbocycles. The van der Waals surface area contributed by atoms with Crippen molar-refractivity contribution in [1.29, 1.82) is 0 Å². The summed E-state index contributed by atoms with van der Waals surface area (Å²) in [6.45, 7) is 0.0451. The van der Waals surface area contributed by atoms with Crippen molar-refractivity contribution in [3.05, 3.63) is 54.1 Å². The summed E-state index contributed by atoms with van der Waals surface area (Å²) in [5, 5.41) is 9.08. The van der Waals surface area contributed by atoms with Crippen LogP contribution < -0.4 is 0 Å². The van der Waals surface area contributed by atoms with Crippen LogP contribution in [0.5, 0.6) is 0 Å². The molecule has 3 nitrogen and oxygen atoms in total. The Morgan fingerprint density at radius 1 is 1.06 bits per heavy atom. The Morgan fingerprint density at radius 2 is 1.83 bits per heavy atom. The van der Waals surface area contributed by atoms with Crippen LogP contribution in [0.25, 0.3) is 22.4 Å². The summed E-state index contributed by atoms with van der Waals surface area (Å²) < 4.78 is 0. The minimum atomic E-state index is 0. The van der Waals surface area contributed by atoms with E-state index in [9.17, 15) is 0 Å². The van der Waals surface area contributed by atoms with Crippen molar-refractivity contribution in [2.45, 2.75) is 6.61 Å². The highest BCUT2D eigenvalue weighted by Crippen LogP contribution is 2.20. The fourth-order valence-electron chi connectivity index (χ4n) is 1.88. The molecule has 0 spiro atoms. The van der Waals surface area contributed by atoms with Gasteiger partial charge in [-0.15, -0.1) is 12.4 Å². The lowest BCUT2D eigenvalue weighted by Crippen LogP contribution is -1.81. The van der Waals surface area contributed by atoms with E-state index in [1.807, 2.05) is 48.5 Å². The van der Waals surface area contributed by atoms with Gasteiger partial charge in [0.1, 0.15) is 5.82 Å². The molecule has 0 radical (unpaired) electrons.